The van der Waals surface area contributed by atoms with Crippen molar-refractivity contribution in [2.24, 2.45) is 5.92 Å². The molecule has 2 N–H and O–H groups in total. The highest BCUT2D eigenvalue weighted by Crippen LogP contribution is 2.37. The number of rotatable bonds is 11. The summed E-state index contributed by atoms with van der Waals surface area (Å²) in [5, 5.41) is 13.7. The van der Waals surface area contributed by atoms with Crippen molar-refractivity contribution < 1.29 is 23.8 Å². The van der Waals surface area contributed by atoms with Crippen LogP contribution < -0.4 is 5.32 Å². The SMILES string of the molecule is COC(C)(C)[C@@H]1Cc2c(cccc2C(C(=O)O)N2CC[C@@H]([C@H](F)CCCCc3ccc4c(n3)NCCC4)C2)CO1. The second-order valence-corrected chi connectivity index (χ2v) is 12.2. The Labute approximate surface area is 237 Å². The second kappa shape index (κ2) is 12.5. The molecule has 0 aliphatic carbocycles. The number of carboxylic acids is 1. The average molecular weight is 554 g/mol. The molecule has 7 nitrogen and oxygen atoms in total. The molecule has 0 saturated carbocycles. The summed E-state index contributed by atoms with van der Waals surface area (Å²) >= 11 is 0. The van der Waals surface area contributed by atoms with Gasteiger partial charge in [-0.15, -0.1) is 0 Å². The number of benzene rings is 1. The fraction of sp³-hybridized carbons (Fsp3) is 0.625. The van der Waals surface area contributed by atoms with Crippen LogP contribution in [0.25, 0.3) is 0 Å². The molecule has 218 valence electrons. The third kappa shape index (κ3) is 6.34. The number of aromatic nitrogens is 1. The summed E-state index contributed by atoms with van der Waals surface area (Å²) in [6, 6.07) is 9.32. The Hall–Kier alpha value is -2.55. The number of ether oxygens (including phenoxy) is 2. The molecular formula is C32H44FN3O4. The highest BCUT2D eigenvalue weighted by atomic mass is 19.1. The Kier molecular flexibility index (Phi) is 9.08. The van der Waals surface area contributed by atoms with Crippen LogP contribution in [0, 0.1) is 5.92 Å². The van der Waals surface area contributed by atoms with Gasteiger partial charge in [0.2, 0.25) is 0 Å². The van der Waals surface area contributed by atoms with Gasteiger partial charge in [-0.3, -0.25) is 9.69 Å². The minimum atomic E-state index is -0.928. The lowest BCUT2D eigenvalue weighted by atomic mass is 9.85. The Bertz CT molecular complexity index is 1190. The summed E-state index contributed by atoms with van der Waals surface area (Å²) in [4.78, 5) is 19.3. The number of halogens is 1. The molecule has 1 aromatic heterocycles. The molecule has 1 aromatic carbocycles. The van der Waals surface area contributed by atoms with Crippen molar-refractivity contribution in [3.8, 4) is 0 Å². The van der Waals surface area contributed by atoms with E-state index >= 15 is 4.39 Å². The normalized spacial score (nSPS) is 22.7. The van der Waals surface area contributed by atoms with Crippen molar-refractivity contribution in [2.75, 3.05) is 32.1 Å². The van der Waals surface area contributed by atoms with E-state index in [9.17, 15) is 9.90 Å². The maximum Gasteiger partial charge on any atom is 0.325 e. The molecule has 1 fully saturated rings. The number of aliphatic carboxylic acids is 1. The third-order valence-corrected chi connectivity index (χ3v) is 9.22. The summed E-state index contributed by atoms with van der Waals surface area (Å²) in [5.41, 5.74) is 4.71. The first-order valence-corrected chi connectivity index (χ1v) is 14.9. The molecule has 4 atom stereocenters. The van der Waals surface area contributed by atoms with Crippen molar-refractivity contribution in [1.82, 2.24) is 9.88 Å². The number of pyridine rings is 1. The molecule has 1 unspecified atom stereocenters. The van der Waals surface area contributed by atoms with Gasteiger partial charge < -0.3 is 19.9 Å². The van der Waals surface area contributed by atoms with E-state index in [1.54, 1.807) is 7.11 Å². The number of nitrogens with zero attached hydrogens (tertiary/aromatic N) is 2. The first-order valence-electron chi connectivity index (χ1n) is 14.9. The predicted molar refractivity (Wildman–Crippen MR) is 153 cm³/mol. The molecule has 3 aliphatic rings. The maximum absolute atomic E-state index is 15.4. The smallest absolute Gasteiger partial charge is 0.325 e. The van der Waals surface area contributed by atoms with Crippen LogP contribution in [0.1, 0.15) is 79.9 Å². The van der Waals surface area contributed by atoms with Crippen LogP contribution in [-0.2, 0) is 40.1 Å². The molecule has 3 aliphatic heterocycles. The molecule has 0 amide bonds. The van der Waals surface area contributed by atoms with E-state index < -0.39 is 23.8 Å². The van der Waals surface area contributed by atoms with E-state index in [1.165, 1.54) is 5.56 Å². The molecule has 4 heterocycles. The zero-order valence-corrected chi connectivity index (χ0v) is 24.1. The van der Waals surface area contributed by atoms with Crippen molar-refractivity contribution >= 4 is 11.8 Å². The fourth-order valence-electron chi connectivity index (χ4n) is 6.53. The molecule has 40 heavy (non-hydrogen) atoms. The molecule has 1 saturated heterocycles. The molecule has 8 heteroatoms. The minimum Gasteiger partial charge on any atom is -0.480 e. The van der Waals surface area contributed by atoms with E-state index in [0.717, 1.165) is 66.9 Å². The Morgan fingerprint density at radius 1 is 1.27 bits per heavy atom. The largest absolute Gasteiger partial charge is 0.480 e. The Morgan fingerprint density at radius 2 is 2.12 bits per heavy atom. The Morgan fingerprint density at radius 3 is 2.92 bits per heavy atom. The number of nitrogens with one attached hydrogen (secondary N) is 1. The first kappa shape index (κ1) is 29.0. The van der Waals surface area contributed by atoms with Crippen molar-refractivity contribution in [3.05, 3.63) is 58.3 Å². The van der Waals surface area contributed by atoms with Gasteiger partial charge in [-0.25, -0.2) is 9.37 Å². The molecule has 0 bridgehead atoms. The number of hydrogen-bond acceptors (Lipinski definition) is 6. The van der Waals surface area contributed by atoms with Crippen molar-refractivity contribution in [1.29, 1.82) is 0 Å². The van der Waals surface area contributed by atoms with Crippen LogP contribution in [0.3, 0.4) is 0 Å². The molecular weight excluding hydrogens is 509 g/mol. The summed E-state index contributed by atoms with van der Waals surface area (Å²) in [6.45, 7) is 6.44. The summed E-state index contributed by atoms with van der Waals surface area (Å²) < 4.78 is 27.1. The van der Waals surface area contributed by atoms with Gasteiger partial charge in [0.05, 0.1) is 18.3 Å². The van der Waals surface area contributed by atoms with E-state index in [1.807, 2.05) is 36.9 Å². The Balaban J connectivity index is 1.18. The van der Waals surface area contributed by atoms with Crippen LogP contribution in [0.4, 0.5) is 10.2 Å². The van der Waals surface area contributed by atoms with Crippen LogP contribution in [-0.4, -0.2) is 65.6 Å². The van der Waals surface area contributed by atoms with Gasteiger partial charge in [-0.2, -0.15) is 0 Å². The van der Waals surface area contributed by atoms with Crippen LogP contribution in [0.15, 0.2) is 30.3 Å². The maximum atomic E-state index is 15.4. The van der Waals surface area contributed by atoms with Gasteiger partial charge in [0.1, 0.15) is 18.0 Å². The zero-order chi connectivity index (χ0) is 28.3. The second-order valence-electron chi connectivity index (χ2n) is 12.2. The van der Waals surface area contributed by atoms with Gasteiger partial charge in [0.15, 0.2) is 0 Å². The number of hydrogen-bond donors (Lipinski definition) is 2. The number of alkyl halides is 1. The number of fused-ring (bicyclic) bond motifs is 2. The van der Waals surface area contributed by atoms with Gasteiger partial charge in [0.25, 0.3) is 0 Å². The highest BCUT2D eigenvalue weighted by molar-refractivity contribution is 5.76. The average Bonchev–Trinajstić information content (AvgIpc) is 3.44. The van der Waals surface area contributed by atoms with Crippen LogP contribution >= 0.6 is 0 Å². The van der Waals surface area contributed by atoms with Crippen molar-refractivity contribution in [2.45, 2.75) is 95.7 Å². The van der Waals surface area contributed by atoms with E-state index in [2.05, 4.69) is 17.4 Å². The number of aryl methyl sites for hydroxylation is 2. The number of anilines is 1. The third-order valence-electron chi connectivity index (χ3n) is 9.22. The lowest BCUT2D eigenvalue weighted by Gasteiger charge is -2.38. The van der Waals surface area contributed by atoms with E-state index in [-0.39, 0.29) is 12.0 Å². The van der Waals surface area contributed by atoms with Gasteiger partial charge >= 0.3 is 5.97 Å². The molecule has 2 aromatic rings. The standard InChI is InChI=1S/C32H44FN3O4/c1-32(2,39-3)28-18-26-23(20-40-28)8-6-11-25(26)29(31(37)38)36-17-15-22(19-36)27(33)12-5-4-10-24-14-13-21-9-7-16-34-30(21)35-24/h6,8,11,13-14,22,27-29H,4-5,7,9-10,12,15-20H2,1-3H3,(H,34,35)(H,37,38)/t22-,27-,28+,29?/m1/s1. The fourth-order valence-corrected chi connectivity index (χ4v) is 6.53. The summed E-state index contributed by atoms with van der Waals surface area (Å²) in [6.07, 6.45) is 5.45. The van der Waals surface area contributed by atoms with Gasteiger partial charge in [-0.1, -0.05) is 30.7 Å². The van der Waals surface area contributed by atoms with Gasteiger partial charge in [0, 0.05) is 38.2 Å². The number of methoxy groups -OCH3 is 1. The number of carboxylic acid groups (broad SMARTS) is 1. The number of unbranched alkanes of at least 4 members (excludes halogenated alkanes) is 1. The summed E-state index contributed by atoms with van der Waals surface area (Å²) in [5.74, 6) is -0.0159. The lowest BCUT2D eigenvalue weighted by molar-refractivity contribution is -0.143. The predicted octanol–water partition coefficient (Wildman–Crippen LogP) is 5.50. The molecule has 0 radical (unpaired) electrons. The molecule has 0 spiro atoms. The quantitative estimate of drug-likeness (QED) is 0.355. The number of likely N-dealkylation sites (tertiary alicyclic amines) is 1. The van der Waals surface area contributed by atoms with Crippen molar-refractivity contribution in [3.63, 3.8) is 0 Å². The van der Waals surface area contributed by atoms with Gasteiger partial charge in [-0.05, 0) is 87.2 Å². The lowest BCUT2D eigenvalue weighted by Crippen LogP contribution is -2.44. The molecule has 5 rings (SSSR count). The topological polar surface area (TPSA) is 83.9 Å². The summed E-state index contributed by atoms with van der Waals surface area (Å²) in [7, 11) is 1.67. The van der Waals surface area contributed by atoms with E-state index in [4.69, 9.17) is 14.5 Å². The van der Waals surface area contributed by atoms with Crippen LogP contribution in [0.5, 0.6) is 0 Å². The minimum absolute atomic E-state index is 0.143. The zero-order valence-electron chi connectivity index (χ0n) is 24.1. The number of carbonyl (C=O) groups is 1. The first-order chi connectivity index (χ1) is 19.3. The highest BCUT2D eigenvalue weighted by Gasteiger charge is 2.40. The van der Waals surface area contributed by atoms with E-state index in [0.29, 0.717) is 39.0 Å². The van der Waals surface area contributed by atoms with Crippen LogP contribution in [0.2, 0.25) is 0 Å². The monoisotopic (exact) mass is 553 g/mol.